The quantitative estimate of drug-likeness (QED) is 0.771. The Bertz CT molecular complexity index is 285. The highest BCUT2D eigenvalue weighted by Crippen LogP contribution is 2.17. The van der Waals surface area contributed by atoms with Crippen LogP contribution in [0.5, 0.6) is 0 Å². The minimum atomic E-state index is 0.156. The van der Waals surface area contributed by atoms with Crippen LogP contribution >= 0.6 is 11.3 Å². The van der Waals surface area contributed by atoms with Gasteiger partial charge in [-0.2, -0.15) is 0 Å². The molecule has 0 aliphatic carbocycles. The van der Waals surface area contributed by atoms with Gasteiger partial charge in [-0.15, -0.1) is 11.3 Å². The van der Waals surface area contributed by atoms with E-state index in [1.54, 1.807) is 11.3 Å². The molecule has 3 nitrogen and oxygen atoms in total. The van der Waals surface area contributed by atoms with Gasteiger partial charge in [0.05, 0.1) is 6.04 Å². The average molecular weight is 255 g/mol. The van der Waals surface area contributed by atoms with Crippen LogP contribution in [0.3, 0.4) is 0 Å². The molecule has 0 radical (unpaired) electrons. The first-order valence-electron chi connectivity index (χ1n) is 6.29. The van der Waals surface area contributed by atoms with E-state index in [1.165, 1.54) is 11.3 Å². The molecule has 0 aromatic carbocycles. The molecule has 0 bridgehead atoms. The van der Waals surface area contributed by atoms with E-state index in [1.807, 2.05) is 0 Å². The fourth-order valence-corrected chi connectivity index (χ4v) is 2.54. The Labute approximate surface area is 109 Å². The molecule has 1 rings (SSSR count). The summed E-state index contributed by atoms with van der Waals surface area (Å²) in [6.07, 6.45) is 1.19. The molecule has 1 heterocycles. The summed E-state index contributed by atoms with van der Waals surface area (Å²) >= 11 is 1.75. The maximum Gasteiger partial charge on any atom is 0.0519 e. The smallest absolute Gasteiger partial charge is 0.0519 e. The first-order chi connectivity index (χ1) is 8.13. The van der Waals surface area contributed by atoms with Gasteiger partial charge in [0.25, 0.3) is 0 Å². The summed E-state index contributed by atoms with van der Waals surface area (Å²) in [5, 5.41) is 2.10. The molecule has 1 atom stereocenters. The Hall–Kier alpha value is -0.420. The third kappa shape index (κ3) is 5.64. The lowest BCUT2D eigenvalue weighted by Gasteiger charge is -2.26. The van der Waals surface area contributed by atoms with Gasteiger partial charge in [0.1, 0.15) is 0 Å². The summed E-state index contributed by atoms with van der Waals surface area (Å²) < 4.78 is 0. The highest BCUT2D eigenvalue weighted by molar-refractivity contribution is 7.10. The highest BCUT2D eigenvalue weighted by Gasteiger charge is 2.12. The molecule has 1 aromatic heterocycles. The van der Waals surface area contributed by atoms with Crippen LogP contribution < -0.4 is 5.73 Å². The summed E-state index contributed by atoms with van der Waals surface area (Å²) in [7, 11) is 4.23. The molecule has 0 saturated heterocycles. The number of nitrogens with zero attached hydrogens (tertiary/aromatic N) is 2. The van der Waals surface area contributed by atoms with Crippen LogP contribution in [-0.2, 0) is 0 Å². The van der Waals surface area contributed by atoms with Crippen molar-refractivity contribution in [2.45, 2.75) is 19.4 Å². The topological polar surface area (TPSA) is 32.5 Å². The van der Waals surface area contributed by atoms with Gasteiger partial charge >= 0.3 is 0 Å². The fraction of sp³-hybridized carbons (Fsp3) is 0.692. The Morgan fingerprint density at radius 2 is 2.06 bits per heavy atom. The van der Waals surface area contributed by atoms with E-state index < -0.39 is 0 Å². The van der Waals surface area contributed by atoms with Crippen molar-refractivity contribution in [3.8, 4) is 0 Å². The minimum absolute atomic E-state index is 0.156. The summed E-state index contributed by atoms with van der Waals surface area (Å²) in [5.74, 6) is 0. The normalized spacial score (nSPS) is 13.5. The Morgan fingerprint density at radius 1 is 1.29 bits per heavy atom. The van der Waals surface area contributed by atoms with Crippen molar-refractivity contribution < 1.29 is 0 Å². The lowest BCUT2D eigenvalue weighted by atomic mass is 10.2. The molecular weight excluding hydrogens is 230 g/mol. The number of hydrogen-bond acceptors (Lipinski definition) is 4. The van der Waals surface area contributed by atoms with E-state index in [4.69, 9.17) is 5.73 Å². The third-order valence-electron chi connectivity index (χ3n) is 2.77. The number of thiophene rings is 1. The largest absolute Gasteiger partial charge is 0.322 e. The molecule has 0 aliphatic rings. The Balaban J connectivity index is 2.42. The molecule has 17 heavy (non-hydrogen) atoms. The predicted molar refractivity (Wildman–Crippen MR) is 76.5 cm³/mol. The van der Waals surface area contributed by atoms with Crippen LogP contribution in [0, 0.1) is 0 Å². The predicted octanol–water partition coefficient (Wildman–Crippen LogP) is 2.02. The number of rotatable bonds is 8. The average Bonchev–Trinajstić information content (AvgIpc) is 2.79. The zero-order valence-electron chi connectivity index (χ0n) is 11.2. The summed E-state index contributed by atoms with van der Waals surface area (Å²) in [6.45, 7) is 6.51. The van der Waals surface area contributed by atoms with E-state index in [-0.39, 0.29) is 6.04 Å². The molecular formula is C13H25N3S. The molecule has 0 spiro atoms. The molecule has 1 unspecified atom stereocenters. The number of likely N-dealkylation sites (N-methyl/N-ethyl adjacent to an activating group) is 1. The van der Waals surface area contributed by atoms with Gasteiger partial charge in [-0.3, -0.25) is 0 Å². The maximum absolute atomic E-state index is 6.23. The second-order valence-electron chi connectivity index (χ2n) is 4.73. The Morgan fingerprint density at radius 3 is 2.59 bits per heavy atom. The van der Waals surface area contributed by atoms with Crippen LogP contribution in [0.25, 0.3) is 0 Å². The van der Waals surface area contributed by atoms with Crippen LogP contribution in [0.2, 0.25) is 0 Å². The van der Waals surface area contributed by atoms with Crippen LogP contribution in [0.4, 0.5) is 0 Å². The van der Waals surface area contributed by atoms with E-state index in [0.29, 0.717) is 0 Å². The first-order valence-corrected chi connectivity index (χ1v) is 7.17. The molecule has 0 saturated carbocycles. The second-order valence-corrected chi connectivity index (χ2v) is 5.71. The van der Waals surface area contributed by atoms with Crippen molar-refractivity contribution in [2.24, 2.45) is 5.73 Å². The lowest BCUT2D eigenvalue weighted by Crippen LogP contribution is -2.37. The van der Waals surface area contributed by atoms with Gasteiger partial charge in [-0.05, 0) is 38.5 Å². The van der Waals surface area contributed by atoms with E-state index in [0.717, 1.165) is 26.2 Å². The van der Waals surface area contributed by atoms with Gasteiger partial charge in [0.2, 0.25) is 0 Å². The minimum Gasteiger partial charge on any atom is -0.322 e. The van der Waals surface area contributed by atoms with Crippen LogP contribution in [0.15, 0.2) is 17.5 Å². The van der Waals surface area contributed by atoms with Gasteiger partial charge < -0.3 is 15.5 Å². The van der Waals surface area contributed by atoms with E-state index in [9.17, 15) is 0 Å². The molecule has 0 fully saturated rings. The van der Waals surface area contributed by atoms with E-state index in [2.05, 4.69) is 48.3 Å². The van der Waals surface area contributed by atoms with Crippen molar-refractivity contribution in [3.05, 3.63) is 22.4 Å². The highest BCUT2D eigenvalue weighted by atomic mass is 32.1. The van der Waals surface area contributed by atoms with Gasteiger partial charge in [-0.25, -0.2) is 0 Å². The zero-order chi connectivity index (χ0) is 12.7. The van der Waals surface area contributed by atoms with Crippen LogP contribution in [-0.4, -0.2) is 50.1 Å². The van der Waals surface area contributed by atoms with Crippen molar-refractivity contribution in [1.82, 2.24) is 9.80 Å². The molecule has 0 amide bonds. The molecule has 98 valence electrons. The van der Waals surface area contributed by atoms with Gasteiger partial charge in [-0.1, -0.05) is 13.0 Å². The number of nitrogens with two attached hydrogens (primary N) is 1. The molecule has 1 aromatic rings. The van der Waals surface area contributed by atoms with Crippen molar-refractivity contribution >= 4 is 11.3 Å². The van der Waals surface area contributed by atoms with Gasteiger partial charge in [0, 0.05) is 24.5 Å². The second kappa shape index (κ2) is 7.82. The zero-order valence-corrected chi connectivity index (χ0v) is 12.0. The fourth-order valence-electron chi connectivity index (χ4n) is 1.82. The van der Waals surface area contributed by atoms with Crippen molar-refractivity contribution in [1.29, 1.82) is 0 Å². The summed E-state index contributed by atoms with van der Waals surface area (Å²) in [4.78, 5) is 5.97. The standard InChI is InChI=1S/C13H25N3S/c1-4-7-16(9-8-15(2)3)11-12(14)13-6-5-10-17-13/h5-6,10,12H,4,7-9,11,14H2,1-3H3. The Kier molecular flexibility index (Phi) is 6.73. The molecule has 2 N–H and O–H groups in total. The SMILES string of the molecule is CCCN(CCN(C)C)CC(N)c1cccs1. The molecule has 0 aliphatic heterocycles. The van der Waals surface area contributed by atoms with Gasteiger partial charge in [0.15, 0.2) is 0 Å². The van der Waals surface area contributed by atoms with E-state index >= 15 is 0 Å². The summed E-state index contributed by atoms with van der Waals surface area (Å²) in [5.41, 5.74) is 6.23. The lowest BCUT2D eigenvalue weighted by molar-refractivity contribution is 0.230. The number of hydrogen-bond donors (Lipinski definition) is 1. The van der Waals surface area contributed by atoms with Crippen molar-refractivity contribution in [3.63, 3.8) is 0 Å². The molecule has 4 heteroatoms. The maximum atomic E-state index is 6.23. The third-order valence-corrected chi connectivity index (χ3v) is 3.77. The van der Waals surface area contributed by atoms with Crippen LogP contribution in [0.1, 0.15) is 24.3 Å². The monoisotopic (exact) mass is 255 g/mol. The first kappa shape index (κ1) is 14.6. The van der Waals surface area contributed by atoms with Crippen molar-refractivity contribution in [2.75, 3.05) is 40.3 Å². The summed E-state index contributed by atoms with van der Waals surface area (Å²) in [6, 6.07) is 4.36.